The van der Waals surface area contributed by atoms with Crippen molar-refractivity contribution in [2.45, 2.75) is 57.5 Å². The number of aliphatic hydroxyl groups is 1. The number of ketones is 1. The Bertz CT molecular complexity index is 974. The van der Waals surface area contributed by atoms with E-state index in [9.17, 15) is 29.7 Å². The zero-order valence-corrected chi connectivity index (χ0v) is 20.4. The maximum Gasteiger partial charge on any atom is 0.303 e. The van der Waals surface area contributed by atoms with Crippen LogP contribution in [0.2, 0.25) is 0 Å². The first-order valence-corrected chi connectivity index (χ1v) is 11.8. The number of phenols is 2. The lowest BCUT2D eigenvalue weighted by molar-refractivity contribution is -0.137. The Hall–Kier alpha value is -3.04. The van der Waals surface area contributed by atoms with Crippen LogP contribution < -0.4 is 4.74 Å². The number of ether oxygens (including phenoxy) is 1. The fourth-order valence-electron chi connectivity index (χ4n) is 2.82. The molecule has 186 valence electrons. The first-order valence-electron chi connectivity index (χ1n) is 10.8. The molecule has 0 bridgehead atoms. The minimum atomic E-state index is -0.924. The number of hydrogen-bond donors (Lipinski definition) is 4. The summed E-state index contributed by atoms with van der Waals surface area (Å²) in [5.74, 6) is -0.0437. The lowest BCUT2D eigenvalue weighted by atomic mass is 10.0. The topological polar surface area (TPSA) is 141 Å². The van der Waals surface area contributed by atoms with Crippen molar-refractivity contribution in [2.75, 3.05) is 12.4 Å². The highest BCUT2D eigenvalue weighted by atomic mass is 32.2. The van der Waals surface area contributed by atoms with E-state index in [2.05, 4.69) is 0 Å². The molecule has 0 aromatic heterocycles. The van der Waals surface area contributed by atoms with Gasteiger partial charge >= 0.3 is 5.97 Å². The van der Waals surface area contributed by atoms with Crippen molar-refractivity contribution < 1.29 is 39.5 Å². The van der Waals surface area contributed by atoms with Crippen LogP contribution in [0.4, 0.5) is 0 Å². The van der Waals surface area contributed by atoms with Gasteiger partial charge in [-0.1, -0.05) is 19.4 Å². The largest absolute Gasteiger partial charge is 0.508 e. The van der Waals surface area contributed by atoms with E-state index < -0.39 is 12.1 Å². The van der Waals surface area contributed by atoms with E-state index in [1.165, 1.54) is 18.7 Å². The van der Waals surface area contributed by atoms with E-state index in [1.54, 1.807) is 18.2 Å². The summed E-state index contributed by atoms with van der Waals surface area (Å²) < 4.78 is 5.71. The molecular weight excluding hydrogens is 460 g/mol. The Balaban J connectivity index is 0.000000718. The van der Waals surface area contributed by atoms with Crippen LogP contribution >= 0.6 is 11.8 Å². The number of carboxylic acid groups (broad SMARTS) is 1. The second-order valence-corrected chi connectivity index (χ2v) is 8.66. The van der Waals surface area contributed by atoms with Crippen molar-refractivity contribution in [3.8, 4) is 17.2 Å². The molecule has 8 nitrogen and oxygen atoms in total. The van der Waals surface area contributed by atoms with Gasteiger partial charge in [0.05, 0.1) is 18.1 Å². The minimum absolute atomic E-state index is 0.0409. The molecule has 0 fully saturated rings. The Morgan fingerprint density at radius 1 is 1.18 bits per heavy atom. The van der Waals surface area contributed by atoms with Gasteiger partial charge in [0.2, 0.25) is 0 Å². The molecule has 0 saturated carbocycles. The van der Waals surface area contributed by atoms with Crippen LogP contribution in [0, 0.1) is 6.92 Å². The summed E-state index contributed by atoms with van der Waals surface area (Å²) in [6.45, 7) is 5.29. The maximum atomic E-state index is 11.6. The molecule has 0 radical (unpaired) electrons. The van der Waals surface area contributed by atoms with Crippen molar-refractivity contribution in [3.05, 3.63) is 47.0 Å². The number of carboxylic acids is 1. The summed E-state index contributed by atoms with van der Waals surface area (Å²) >= 11 is 1.43. The summed E-state index contributed by atoms with van der Waals surface area (Å²) in [5, 5.41) is 38.2. The average molecular weight is 493 g/mol. The Labute approximate surface area is 203 Å². The highest BCUT2D eigenvalue weighted by molar-refractivity contribution is 7.99. The van der Waals surface area contributed by atoms with Crippen molar-refractivity contribution >= 4 is 29.8 Å². The van der Waals surface area contributed by atoms with Gasteiger partial charge in [-0.2, -0.15) is 0 Å². The van der Waals surface area contributed by atoms with Gasteiger partial charge in [0.25, 0.3) is 0 Å². The Kier molecular flexibility index (Phi) is 12.8. The summed E-state index contributed by atoms with van der Waals surface area (Å²) in [7, 11) is 0. The summed E-state index contributed by atoms with van der Waals surface area (Å²) in [5.41, 5.74) is 1.68. The number of phenolic OH excluding ortho intramolecular Hbond substituents is 2. The summed E-state index contributed by atoms with van der Waals surface area (Å²) in [4.78, 5) is 31.5. The third kappa shape index (κ3) is 9.84. The number of aliphatic hydroxyl groups excluding tert-OH is 1. The van der Waals surface area contributed by atoms with Crippen molar-refractivity contribution in [1.82, 2.24) is 0 Å². The van der Waals surface area contributed by atoms with Crippen LogP contribution in [0.3, 0.4) is 0 Å². The minimum Gasteiger partial charge on any atom is -0.508 e. The quantitative estimate of drug-likeness (QED) is 0.195. The van der Waals surface area contributed by atoms with E-state index in [0.29, 0.717) is 29.8 Å². The van der Waals surface area contributed by atoms with Crippen LogP contribution in [-0.4, -0.2) is 56.9 Å². The van der Waals surface area contributed by atoms with Crippen LogP contribution in [-0.2, 0) is 16.0 Å². The molecule has 0 spiro atoms. The number of carbonyl (C=O) groups is 3. The molecule has 2 rings (SSSR count). The van der Waals surface area contributed by atoms with Gasteiger partial charge < -0.3 is 30.0 Å². The monoisotopic (exact) mass is 492 g/mol. The summed E-state index contributed by atoms with van der Waals surface area (Å²) in [6, 6.07) is 8.61. The first kappa shape index (κ1) is 29.0. The molecule has 1 atom stereocenters. The molecule has 0 saturated heterocycles. The number of aliphatic carboxylic acids is 1. The fraction of sp³-hybridized carbons (Fsp3) is 0.400. The number of hydrogen-bond acceptors (Lipinski definition) is 8. The highest BCUT2D eigenvalue weighted by Crippen LogP contribution is 2.33. The third-order valence-corrected chi connectivity index (χ3v) is 5.79. The number of Topliss-reactive ketones (excluding diaryl/α,β-unsaturated/α-hetero) is 1. The molecular formula is C25H32O8S. The summed E-state index contributed by atoms with van der Waals surface area (Å²) in [6.07, 6.45) is 1.31. The van der Waals surface area contributed by atoms with Gasteiger partial charge in [-0.05, 0) is 50.1 Å². The van der Waals surface area contributed by atoms with E-state index in [0.717, 1.165) is 16.9 Å². The maximum absolute atomic E-state index is 11.6. The van der Waals surface area contributed by atoms with E-state index in [4.69, 9.17) is 9.84 Å². The zero-order chi connectivity index (χ0) is 25.7. The van der Waals surface area contributed by atoms with Crippen LogP contribution in [0.1, 0.15) is 54.6 Å². The number of aldehydes is 1. The predicted octanol–water partition coefficient (Wildman–Crippen LogP) is 4.14. The van der Waals surface area contributed by atoms with Crippen molar-refractivity contribution in [3.63, 3.8) is 0 Å². The number of aryl methyl sites for hydroxylation is 1. The second-order valence-electron chi connectivity index (χ2n) is 7.57. The van der Waals surface area contributed by atoms with Gasteiger partial charge in [0, 0.05) is 22.6 Å². The molecule has 4 N–H and O–H groups in total. The Morgan fingerprint density at radius 3 is 2.41 bits per heavy atom. The highest BCUT2D eigenvalue weighted by Gasteiger charge is 2.17. The molecule has 0 heterocycles. The number of aromatic hydroxyl groups is 2. The number of rotatable bonds is 12. The molecule has 0 aliphatic carbocycles. The van der Waals surface area contributed by atoms with E-state index >= 15 is 0 Å². The normalized spacial score (nSPS) is 11.2. The van der Waals surface area contributed by atoms with E-state index in [1.807, 2.05) is 26.0 Å². The van der Waals surface area contributed by atoms with Crippen molar-refractivity contribution in [2.24, 2.45) is 0 Å². The molecule has 2 aromatic rings. The standard InChI is InChI=1S/C21H26O5S.C4H6O3/c1-4-5-18-20(9-8-17(14(3)22)21(18)25)26-11-15(23)12-27-16-7-6-13(2)19(24)10-16;5-3-1-2-4(6)7/h6-10,15,23-25H,4-5,11-12H2,1-3H3;3H,1-2H2,(H,6,7). The average Bonchev–Trinajstić information content (AvgIpc) is 2.79. The van der Waals surface area contributed by atoms with E-state index in [-0.39, 0.29) is 42.3 Å². The zero-order valence-electron chi connectivity index (χ0n) is 19.6. The molecule has 0 aliphatic rings. The SMILES string of the molecule is CCCc1c(OCC(O)CSc2ccc(C)c(O)c2)ccc(C(C)=O)c1O.O=CCCC(=O)O. The van der Waals surface area contributed by atoms with Gasteiger partial charge in [-0.15, -0.1) is 11.8 Å². The molecule has 0 aliphatic heterocycles. The fourth-order valence-corrected chi connectivity index (χ4v) is 3.66. The van der Waals surface area contributed by atoms with Crippen LogP contribution in [0.5, 0.6) is 17.2 Å². The molecule has 1 unspecified atom stereocenters. The lowest BCUT2D eigenvalue weighted by Crippen LogP contribution is -2.20. The molecule has 9 heteroatoms. The molecule has 34 heavy (non-hydrogen) atoms. The number of benzene rings is 2. The van der Waals surface area contributed by atoms with Crippen LogP contribution in [0.15, 0.2) is 35.2 Å². The lowest BCUT2D eigenvalue weighted by Gasteiger charge is -2.17. The van der Waals surface area contributed by atoms with Gasteiger partial charge in [0.15, 0.2) is 5.78 Å². The second kappa shape index (κ2) is 15.0. The smallest absolute Gasteiger partial charge is 0.303 e. The molecule has 0 amide bonds. The predicted molar refractivity (Wildman–Crippen MR) is 130 cm³/mol. The molecule has 2 aromatic carbocycles. The Morgan fingerprint density at radius 2 is 1.88 bits per heavy atom. The number of carbonyl (C=O) groups excluding carboxylic acids is 2. The van der Waals surface area contributed by atoms with Crippen LogP contribution in [0.25, 0.3) is 0 Å². The number of thioether (sulfide) groups is 1. The third-order valence-electron chi connectivity index (χ3n) is 4.65. The van der Waals surface area contributed by atoms with Gasteiger partial charge in [-0.25, -0.2) is 0 Å². The first-order chi connectivity index (χ1) is 16.1. The van der Waals surface area contributed by atoms with Crippen molar-refractivity contribution in [1.29, 1.82) is 0 Å². The van der Waals surface area contributed by atoms with Gasteiger partial charge in [0.1, 0.15) is 30.1 Å². The van der Waals surface area contributed by atoms with Gasteiger partial charge in [-0.3, -0.25) is 9.59 Å².